The molecule has 0 aromatic rings. The molecule has 0 aliphatic heterocycles. The van der Waals surface area contributed by atoms with Gasteiger partial charge in [0.05, 0.1) is 37.9 Å². The summed E-state index contributed by atoms with van der Waals surface area (Å²) >= 11 is 0. The second-order valence-corrected chi connectivity index (χ2v) is 10.8. The zero-order valence-electron chi connectivity index (χ0n) is 22.6. The van der Waals surface area contributed by atoms with E-state index in [-0.39, 0.29) is 31.4 Å². The molecule has 16 heteroatoms. The lowest BCUT2D eigenvalue weighted by Crippen LogP contribution is -2.34. The van der Waals surface area contributed by atoms with E-state index in [1.807, 2.05) is 65.7 Å². The van der Waals surface area contributed by atoms with Gasteiger partial charge in [-0.1, -0.05) is 21.3 Å². The Balaban J connectivity index is -0.000000125. The first-order valence-electron chi connectivity index (χ1n) is 11.1. The fraction of sp³-hybridized carbons (Fsp3) is 0.905. The summed E-state index contributed by atoms with van der Waals surface area (Å²) in [7, 11) is -0.412. The summed E-state index contributed by atoms with van der Waals surface area (Å²) in [5.74, 6) is -1.44. The molecule has 0 saturated heterocycles. The molecule has 0 fully saturated rings. The number of esters is 2. The van der Waals surface area contributed by atoms with E-state index >= 15 is 0 Å². The molecule has 37 heavy (non-hydrogen) atoms. The molecule has 0 spiro atoms. The summed E-state index contributed by atoms with van der Waals surface area (Å²) in [6, 6.07) is -0.275. The maximum absolute atomic E-state index is 11.1. The zero-order valence-corrected chi connectivity index (χ0v) is 24.2. The van der Waals surface area contributed by atoms with Crippen molar-refractivity contribution in [3.63, 3.8) is 0 Å². The monoisotopic (exact) mass is 586 g/mol. The van der Waals surface area contributed by atoms with Crippen molar-refractivity contribution in [2.45, 2.75) is 60.0 Å². The van der Waals surface area contributed by atoms with Gasteiger partial charge in [-0.25, -0.2) is 0 Å². The molecule has 0 aromatic heterocycles. The van der Waals surface area contributed by atoms with E-state index in [0.717, 1.165) is 12.8 Å². The van der Waals surface area contributed by atoms with E-state index in [1.165, 1.54) is 0 Å². The summed E-state index contributed by atoms with van der Waals surface area (Å²) < 4.78 is 64.0. The lowest BCUT2D eigenvalue weighted by molar-refractivity contribution is -0.149. The van der Waals surface area contributed by atoms with E-state index in [0.29, 0.717) is 13.2 Å². The summed E-state index contributed by atoms with van der Waals surface area (Å²) in [5, 5.41) is 15.7. The van der Waals surface area contributed by atoms with Crippen molar-refractivity contribution >= 4 is 32.2 Å². The largest absolute Gasteiger partial charge is 0.465 e. The van der Waals surface area contributed by atoms with Crippen molar-refractivity contribution in [2.24, 2.45) is 0 Å². The van der Waals surface area contributed by atoms with E-state index in [9.17, 15) is 26.4 Å². The van der Waals surface area contributed by atoms with E-state index in [2.05, 4.69) is 0 Å². The standard InChI is InChI=1S/2C8H17NO2.2C2H6O4S.CH4/c2*1-5-6-11-8(10)7(2)9(3)4;2*3-1-2-7(4,5)6;/h2*7H,5-6H2,1-4H3;2*3H,1-2H2,(H,4,5,6);1H4. The molecule has 0 aromatic carbocycles. The van der Waals surface area contributed by atoms with Crippen LogP contribution in [0.3, 0.4) is 0 Å². The summed E-state index contributed by atoms with van der Waals surface area (Å²) in [6.07, 6.45) is 1.76. The van der Waals surface area contributed by atoms with Crippen LogP contribution in [0.4, 0.5) is 0 Å². The number of carbonyl (C=O) groups is 2. The minimum absolute atomic E-state index is 0. The van der Waals surface area contributed by atoms with Gasteiger partial charge in [0.25, 0.3) is 20.2 Å². The second-order valence-electron chi connectivity index (χ2n) is 7.63. The average Bonchev–Trinajstić information content (AvgIpc) is 2.74. The smallest absolute Gasteiger partial charge is 0.323 e. The number of ether oxygens (including phenoxy) is 2. The van der Waals surface area contributed by atoms with E-state index in [4.69, 9.17) is 28.8 Å². The van der Waals surface area contributed by atoms with Crippen LogP contribution in [0.15, 0.2) is 0 Å². The Labute approximate surface area is 223 Å². The molecule has 0 saturated carbocycles. The molecular weight excluding hydrogens is 536 g/mol. The number of carbonyl (C=O) groups excluding carboxylic acids is 2. The second kappa shape index (κ2) is 26.2. The Morgan fingerprint density at radius 3 is 1.05 bits per heavy atom. The Hall–Kier alpha value is -1.40. The highest BCUT2D eigenvalue weighted by molar-refractivity contribution is 7.86. The molecule has 14 nitrogen and oxygen atoms in total. The van der Waals surface area contributed by atoms with Crippen LogP contribution in [0.25, 0.3) is 0 Å². The van der Waals surface area contributed by atoms with Crippen LogP contribution in [-0.2, 0) is 39.3 Å². The maximum Gasteiger partial charge on any atom is 0.323 e. The zero-order chi connectivity index (χ0) is 29.5. The molecule has 0 amide bonds. The number of nitrogens with zero attached hydrogens (tertiary/aromatic N) is 2. The van der Waals surface area contributed by atoms with Crippen LogP contribution in [0.1, 0.15) is 48.0 Å². The normalized spacial score (nSPS) is 12.3. The number of rotatable bonds is 12. The quantitative estimate of drug-likeness (QED) is 0.177. The third-order valence-corrected chi connectivity index (χ3v) is 5.22. The summed E-state index contributed by atoms with van der Waals surface area (Å²) in [4.78, 5) is 25.8. The molecule has 0 rings (SSSR count). The highest BCUT2D eigenvalue weighted by atomic mass is 32.2. The van der Waals surface area contributed by atoms with E-state index in [1.54, 1.807) is 0 Å². The van der Waals surface area contributed by atoms with Gasteiger partial charge in [0.2, 0.25) is 0 Å². The molecular formula is C21H50N2O12S2. The van der Waals surface area contributed by atoms with Crippen LogP contribution in [0.5, 0.6) is 0 Å². The molecule has 0 heterocycles. The van der Waals surface area contributed by atoms with Gasteiger partial charge >= 0.3 is 11.9 Å². The van der Waals surface area contributed by atoms with Crippen molar-refractivity contribution in [1.29, 1.82) is 0 Å². The fourth-order valence-corrected chi connectivity index (χ4v) is 1.76. The van der Waals surface area contributed by atoms with Gasteiger partial charge < -0.3 is 19.7 Å². The van der Waals surface area contributed by atoms with Crippen molar-refractivity contribution in [2.75, 3.05) is 66.1 Å². The van der Waals surface area contributed by atoms with Crippen molar-refractivity contribution in [3.05, 3.63) is 0 Å². The third-order valence-electron chi connectivity index (χ3n) is 3.83. The predicted molar refractivity (Wildman–Crippen MR) is 143 cm³/mol. The molecule has 2 atom stereocenters. The minimum atomic E-state index is -3.92. The Kier molecular flexibility index (Phi) is 32.3. The highest BCUT2D eigenvalue weighted by Crippen LogP contribution is 1.96. The van der Waals surface area contributed by atoms with Crippen LogP contribution in [0, 0.1) is 0 Å². The summed E-state index contributed by atoms with van der Waals surface area (Å²) in [5.41, 5.74) is 0. The van der Waals surface area contributed by atoms with Gasteiger partial charge in [-0.05, 0) is 54.9 Å². The Bertz CT molecular complexity index is 693. The SMILES string of the molecule is C.CCCOC(=O)C(C)N(C)C.CCCOC(=O)C(C)N(C)C.O=S(=O)(O)CCO.O=S(=O)(O)CCO. The fourth-order valence-electron chi connectivity index (χ4n) is 1.30. The molecule has 0 bridgehead atoms. The van der Waals surface area contributed by atoms with Gasteiger partial charge in [-0.2, -0.15) is 16.8 Å². The van der Waals surface area contributed by atoms with Crippen molar-refractivity contribution in [1.82, 2.24) is 9.80 Å². The van der Waals surface area contributed by atoms with Gasteiger partial charge in [-0.3, -0.25) is 28.5 Å². The topological polar surface area (TPSA) is 208 Å². The molecule has 0 aliphatic rings. The van der Waals surface area contributed by atoms with Gasteiger partial charge in [0.15, 0.2) is 0 Å². The summed E-state index contributed by atoms with van der Waals surface area (Å²) in [6.45, 7) is 7.61. The number of hydrogen-bond donors (Lipinski definition) is 4. The van der Waals surface area contributed by atoms with Crippen LogP contribution < -0.4 is 0 Å². The average molecular weight is 587 g/mol. The lowest BCUT2D eigenvalue weighted by Gasteiger charge is -2.17. The maximum atomic E-state index is 11.1. The highest BCUT2D eigenvalue weighted by Gasteiger charge is 2.16. The predicted octanol–water partition coefficient (Wildman–Crippen LogP) is 0.149. The van der Waals surface area contributed by atoms with E-state index < -0.39 is 45.0 Å². The number of aliphatic hydroxyl groups is 2. The van der Waals surface area contributed by atoms with Crippen LogP contribution in [0.2, 0.25) is 0 Å². The van der Waals surface area contributed by atoms with Gasteiger partial charge in [0, 0.05) is 0 Å². The van der Waals surface area contributed by atoms with Crippen molar-refractivity contribution < 1.29 is 55.2 Å². The Morgan fingerprint density at radius 1 is 0.703 bits per heavy atom. The number of aliphatic hydroxyl groups excluding tert-OH is 2. The molecule has 0 radical (unpaired) electrons. The number of hydrogen-bond acceptors (Lipinski definition) is 12. The molecule has 228 valence electrons. The Morgan fingerprint density at radius 2 is 0.946 bits per heavy atom. The van der Waals surface area contributed by atoms with Gasteiger partial charge in [-0.15, -0.1) is 0 Å². The lowest BCUT2D eigenvalue weighted by atomic mass is 10.3. The minimum Gasteiger partial charge on any atom is -0.465 e. The third kappa shape index (κ3) is 39.3. The van der Waals surface area contributed by atoms with Crippen LogP contribution >= 0.6 is 0 Å². The first kappa shape index (κ1) is 45.5. The molecule has 0 aliphatic carbocycles. The molecule has 2 unspecified atom stereocenters. The number of likely N-dealkylation sites (N-methyl/N-ethyl adjacent to an activating group) is 2. The molecule has 4 N–H and O–H groups in total. The first-order valence-corrected chi connectivity index (χ1v) is 14.3. The van der Waals surface area contributed by atoms with Crippen molar-refractivity contribution in [3.8, 4) is 0 Å². The first-order chi connectivity index (χ1) is 16.3. The van der Waals surface area contributed by atoms with Gasteiger partial charge in [0.1, 0.15) is 12.1 Å². The van der Waals surface area contributed by atoms with Crippen LogP contribution in [-0.4, -0.2) is 136 Å².